The van der Waals surface area contributed by atoms with Crippen molar-refractivity contribution in [2.24, 2.45) is 5.92 Å². The first-order valence-electron chi connectivity index (χ1n) is 8.84. The molecule has 0 aromatic carbocycles. The maximum absolute atomic E-state index is 12.4. The van der Waals surface area contributed by atoms with Gasteiger partial charge in [0.2, 0.25) is 5.91 Å². The van der Waals surface area contributed by atoms with Crippen molar-refractivity contribution in [3.63, 3.8) is 0 Å². The number of hydrogen-bond donors (Lipinski definition) is 1. The molecule has 1 N–H and O–H groups in total. The Morgan fingerprint density at radius 2 is 2.27 bits per heavy atom. The Labute approximate surface area is 132 Å². The van der Waals surface area contributed by atoms with Crippen molar-refractivity contribution in [1.82, 2.24) is 10.2 Å². The van der Waals surface area contributed by atoms with E-state index < -0.39 is 0 Å². The highest BCUT2D eigenvalue weighted by molar-refractivity contribution is 5.77. The van der Waals surface area contributed by atoms with Gasteiger partial charge in [-0.15, -0.1) is 0 Å². The van der Waals surface area contributed by atoms with E-state index in [1.54, 1.807) is 6.26 Å². The van der Waals surface area contributed by atoms with Crippen LogP contribution in [0.3, 0.4) is 0 Å². The van der Waals surface area contributed by atoms with Crippen LogP contribution in [0.1, 0.15) is 57.1 Å². The van der Waals surface area contributed by atoms with E-state index >= 15 is 0 Å². The van der Waals surface area contributed by atoms with Crippen LogP contribution in [0.25, 0.3) is 0 Å². The van der Waals surface area contributed by atoms with Gasteiger partial charge in [0.05, 0.1) is 12.8 Å². The SMILES string of the molecule is O=C1CCC[C@H]2C[C@H](NCc3ccco3)CC[C@]23CCCN13. The molecule has 2 aliphatic heterocycles. The van der Waals surface area contributed by atoms with E-state index in [1.165, 1.54) is 38.5 Å². The summed E-state index contributed by atoms with van der Waals surface area (Å²) in [6.45, 7) is 1.82. The molecule has 1 amide bonds. The van der Waals surface area contributed by atoms with Crippen LogP contribution in [-0.4, -0.2) is 28.9 Å². The molecule has 3 atom stereocenters. The van der Waals surface area contributed by atoms with Crippen LogP contribution in [-0.2, 0) is 11.3 Å². The highest BCUT2D eigenvalue weighted by Gasteiger charge is 2.52. The van der Waals surface area contributed by atoms with Crippen LogP contribution < -0.4 is 5.32 Å². The third-order valence-corrected chi connectivity index (χ3v) is 6.17. The van der Waals surface area contributed by atoms with E-state index in [1.807, 2.05) is 12.1 Å². The molecule has 1 saturated carbocycles. The first-order valence-corrected chi connectivity index (χ1v) is 8.84. The van der Waals surface area contributed by atoms with Gasteiger partial charge in [-0.05, 0) is 63.0 Å². The number of hydrogen-bond acceptors (Lipinski definition) is 3. The summed E-state index contributed by atoms with van der Waals surface area (Å²) in [4.78, 5) is 14.7. The predicted molar refractivity (Wildman–Crippen MR) is 84.2 cm³/mol. The molecule has 3 aliphatic rings. The number of nitrogens with zero attached hydrogens (tertiary/aromatic N) is 1. The lowest BCUT2D eigenvalue weighted by atomic mass is 9.68. The van der Waals surface area contributed by atoms with Crippen LogP contribution in [0.15, 0.2) is 22.8 Å². The molecule has 1 spiro atoms. The van der Waals surface area contributed by atoms with Crippen molar-refractivity contribution in [3.8, 4) is 0 Å². The number of carbonyl (C=O) groups is 1. The number of furan rings is 1. The first-order chi connectivity index (χ1) is 10.8. The summed E-state index contributed by atoms with van der Waals surface area (Å²) in [5, 5.41) is 3.67. The van der Waals surface area contributed by atoms with Gasteiger partial charge in [0.1, 0.15) is 5.76 Å². The van der Waals surface area contributed by atoms with E-state index in [9.17, 15) is 4.79 Å². The quantitative estimate of drug-likeness (QED) is 0.933. The van der Waals surface area contributed by atoms with Crippen LogP contribution in [0.2, 0.25) is 0 Å². The van der Waals surface area contributed by atoms with E-state index in [0.717, 1.165) is 31.7 Å². The Hall–Kier alpha value is -1.29. The fourth-order valence-electron chi connectivity index (χ4n) is 5.13. The maximum Gasteiger partial charge on any atom is 0.223 e. The van der Waals surface area contributed by atoms with E-state index in [4.69, 9.17) is 4.42 Å². The summed E-state index contributed by atoms with van der Waals surface area (Å²) in [6.07, 6.45) is 10.8. The topological polar surface area (TPSA) is 45.5 Å². The fraction of sp³-hybridized carbons (Fsp3) is 0.722. The molecule has 1 aromatic rings. The van der Waals surface area contributed by atoms with Crippen molar-refractivity contribution in [1.29, 1.82) is 0 Å². The molecular formula is C18H26N2O2. The highest BCUT2D eigenvalue weighted by atomic mass is 16.3. The smallest absolute Gasteiger partial charge is 0.223 e. The monoisotopic (exact) mass is 302 g/mol. The molecule has 120 valence electrons. The standard InChI is InChI=1S/C18H26N2O2/c21-17-6-1-4-14-12-15(19-13-16-5-2-11-22-16)7-9-18(14)8-3-10-20(17)18/h2,5,11,14-15,19H,1,3-4,6-10,12-13H2/t14-,15+,18+/m0/s1. The van der Waals surface area contributed by atoms with Gasteiger partial charge in [0, 0.05) is 24.5 Å². The van der Waals surface area contributed by atoms with Crippen molar-refractivity contribution >= 4 is 5.91 Å². The molecular weight excluding hydrogens is 276 g/mol. The zero-order valence-corrected chi connectivity index (χ0v) is 13.2. The Morgan fingerprint density at radius 3 is 3.14 bits per heavy atom. The maximum atomic E-state index is 12.4. The second-order valence-electron chi connectivity index (χ2n) is 7.27. The fourth-order valence-corrected chi connectivity index (χ4v) is 5.13. The number of rotatable bonds is 3. The van der Waals surface area contributed by atoms with E-state index in [2.05, 4.69) is 10.2 Å². The first kappa shape index (κ1) is 14.3. The molecule has 22 heavy (non-hydrogen) atoms. The van der Waals surface area contributed by atoms with Gasteiger partial charge in [0.25, 0.3) is 0 Å². The molecule has 4 nitrogen and oxygen atoms in total. The van der Waals surface area contributed by atoms with Gasteiger partial charge in [-0.1, -0.05) is 0 Å². The molecule has 2 saturated heterocycles. The summed E-state index contributed by atoms with van der Waals surface area (Å²) in [5.41, 5.74) is 0.205. The normalized spacial score (nSPS) is 35.1. The van der Waals surface area contributed by atoms with Crippen molar-refractivity contribution in [2.75, 3.05) is 6.54 Å². The van der Waals surface area contributed by atoms with Crippen molar-refractivity contribution in [2.45, 2.75) is 69.5 Å². The van der Waals surface area contributed by atoms with Gasteiger partial charge in [-0.25, -0.2) is 0 Å². The minimum absolute atomic E-state index is 0.205. The molecule has 0 radical (unpaired) electrons. The molecule has 0 bridgehead atoms. The number of carbonyl (C=O) groups excluding carboxylic acids is 1. The molecule has 0 unspecified atom stereocenters. The lowest BCUT2D eigenvalue weighted by Gasteiger charge is -2.48. The average molecular weight is 302 g/mol. The van der Waals surface area contributed by atoms with Gasteiger partial charge in [-0.3, -0.25) is 4.79 Å². The van der Waals surface area contributed by atoms with Crippen LogP contribution in [0.5, 0.6) is 0 Å². The van der Waals surface area contributed by atoms with Crippen LogP contribution in [0.4, 0.5) is 0 Å². The lowest BCUT2D eigenvalue weighted by molar-refractivity contribution is -0.137. The van der Waals surface area contributed by atoms with E-state index in [-0.39, 0.29) is 5.54 Å². The molecule has 4 rings (SSSR count). The summed E-state index contributed by atoms with van der Waals surface area (Å²) in [5.74, 6) is 2.12. The van der Waals surface area contributed by atoms with Crippen molar-refractivity contribution in [3.05, 3.63) is 24.2 Å². The minimum atomic E-state index is 0.205. The molecule has 3 fully saturated rings. The third-order valence-electron chi connectivity index (χ3n) is 6.17. The Balaban J connectivity index is 1.45. The number of nitrogens with one attached hydrogen (secondary N) is 1. The van der Waals surface area contributed by atoms with Crippen molar-refractivity contribution < 1.29 is 9.21 Å². The predicted octanol–water partition coefficient (Wildman–Crippen LogP) is 3.08. The Bertz CT molecular complexity index is 527. The van der Waals surface area contributed by atoms with Gasteiger partial charge < -0.3 is 14.6 Å². The zero-order valence-electron chi connectivity index (χ0n) is 13.2. The van der Waals surface area contributed by atoms with Crippen LogP contribution >= 0.6 is 0 Å². The Kier molecular flexibility index (Phi) is 3.73. The highest BCUT2D eigenvalue weighted by Crippen LogP contribution is 2.49. The molecule has 1 aliphatic carbocycles. The Morgan fingerprint density at radius 1 is 1.32 bits per heavy atom. The summed E-state index contributed by atoms with van der Waals surface area (Å²) in [6, 6.07) is 4.54. The van der Waals surface area contributed by atoms with Gasteiger partial charge in [-0.2, -0.15) is 0 Å². The minimum Gasteiger partial charge on any atom is -0.468 e. The second kappa shape index (κ2) is 5.73. The van der Waals surface area contributed by atoms with Gasteiger partial charge in [0.15, 0.2) is 0 Å². The zero-order chi connectivity index (χ0) is 15.0. The summed E-state index contributed by atoms with van der Waals surface area (Å²) in [7, 11) is 0. The number of amides is 1. The largest absolute Gasteiger partial charge is 0.468 e. The third kappa shape index (κ3) is 2.37. The lowest BCUT2D eigenvalue weighted by Crippen LogP contribution is -2.55. The average Bonchev–Trinajstić information content (AvgIpc) is 3.16. The summed E-state index contributed by atoms with van der Waals surface area (Å²) >= 11 is 0. The van der Waals surface area contributed by atoms with Gasteiger partial charge >= 0.3 is 0 Å². The molecule has 4 heteroatoms. The van der Waals surface area contributed by atoms with E-state index in [0.29, 0.717) is 17.9 Å². The molecule has 3 heterocycles. The second-order valence-corrected chi connectivity index (χ2v) is 7.27. The molecule has 1 aromatic heterocycles. The summed E-state index contributed by atoms with van der Waals surface area (Å²) < 4.78 is 5.42. The van der Waals surface area contributed by atoms with Crippen LogP contribution in [0, 0.1) is 5.92 Å².